The predicted octanol–water partition coefficient (Wildman–Crippen LogP) is -0.607. The van der Waals surface area contributed by atoms with Crippen molar-refractivity contribution in [3.05, 3.63) is 17.9 Å². The summed E-state index contributed by atoms with van der Waals surface area (Å²) in [5, 5.41) is 20.6. The molecule has 120 valence electrons. The molecule has 0 aliphatic heterocycles. The van der Waals surface area contributed by atoms with Crippen molar-refractivity contribution in [1.29, 1.82) is 0 Å². The van der Waals surface area contributed by atoms with E-state index in [1.807, 2.05) is 0 Å². The van der Waals surface area contributed by atoms with Gasteiger partial charge in [0.1, 0.15) is 0 Å². The highest BCUT2D eigenvalue weighted by atomic mass is 32.2. The lowest BCUT2D eigenvalue weighted by Gasteiger charge is -2.29. The molecule has 0 aliphatic rings. The Morgan fingerprint density at radius 1 is 1.33 bits per heavy atom. The van der Waals surface area contributed by atoms with Gasteiger partial charge in [0.2, 0.25) is 5.09 Å². The van der Waals surface area contributed by atoms with Crippen LogP contribution in [0.4, 0.5) is 0 Å². The molecule has 1 heterocycles. The number of nitrogens with one attached hydrogen (secondary N) is 1. The van der Waals surface area contributed by atoms with Crippen molar-refractivity contribution in [2.24, 2.45) is 0 Å². The van der Waals surface area contributed by atoms with Crippen LogP contribution in [0.15, 0.2) is 21.6 Å². The standard InChI is InChI=1S/C12H20N2O6S/c1-4-12(7-15,8-16)13-11(17)9-5-6-10(20-9)21(18,19)14(2)3/h5-6,15-16H,4,7-8H2,1-3H3,(H,13,17). The minimum absolute atomic E-state index is 0.213. The molecule has 0 spiro atoms. The fourth-order valence-corrected chi connectivity index (χ4v) is 2.30. The Hall–Kier alpha value is -1.42. The number of carbonyl (C=O) groups is 1. The molecule has 0 bridgehead atoms. The molecule has 0 unspecified atom stereocenters. The maximum atomic E-state index is 12.0. The van der Waals surface area contributed by atoms with Gasteiger partial charge in [-0.05, 0) is 18.6 Å². The highest BCUT2D eigenvalue weighted by Crippen LogP contribution is 2.18. The van der Waals surface area contributed by atoms with E-state index in [9.17, 15) is 23.4 Å². The third kappa shape index (κ3) is 3.62. The predicted molar refractivity (Wildman–Crippen MR) is 74.2 cm³/mol. The second kappa shape index (κ2) is 6.56. The normalized spacial score (nSPS) is 12.7. The van der Waals surface area contributed by atoms with Gasteiger partial charge in [-0.15, -0.1) is 0 Å². The number of amides is 1. The lowest BCUT2D eigenvalue weighted by molar-refractivity contribution is 0.0628. The summed E-state index contributed by atoms with van der Waals surface area (Å²) in [5.74, 6) is -0.921. The summed E-state index contributed by atoms with van der Waals surface area (Å²) in [7, 11) is -1.07. The minimum Gasteiger partial charge on any atom is -0.438 e. The smallest absolute Gasteiger partial charge is 0.287 e. The Morgan fingerprint density at radius 3 is 2.33 bits per heavy atom. The number of carbonyl (C=O) groups excluding carboxylic acids is 1. The fraction of sp³-hybridized carbons (Fsp3) is 0.583. The van der Waals surface area contributed by atoms with Gasteiger partial charge in [0.15, 0.2) is 5.76 Å². The van der Waals surface area contributed by atoms with Crippen molar-refractivity contribution >= 4 is 15.9 Å². The maximum Gasteiger partial charge on any atom is 0.287 e. The maximum absolute atomic E-state index is 12.0. The number of nitrogens with zero attached hydrogens (tertiary/aromatic N) is 1. The largest absolute Gasteiger partial charge is 0.438 e. The van der Waals surface area contributed by atoms with E-state index >= 15 is 0 Å². The van der Waals surface area contributed by atoms with Gasteiger partial charge in [0, 0.05) is 14.1 Å². The van der Waals surface area contributed by atoms with Gasteiger partial charge >= 0.3 is 0 Å². The highest BCUT2D eigenvalue weighted by Gasteiger charge is 2.31. The Balaban J connectivity index is 2.99. The van der Waals surface area contributed by atoms with Gasteiger partial charge in [0.05, 0.1) is 18.8 Å². The number of sulfonamides is 1. The van der Waals surface area contributed by atoms with E-state index in [1.54, 1.807) is 6.92 Å². The monoisotopic (exact) mass is 320 g/mol. The van der Waals surface area contributed by atoms with Crippen molar-refractivity contribution < 1.29 is 27.8 Å². The lowest BCUT2D eigenvalue weighted by atomic mass is 9.98. The molecule has 1 aromatic rings. The van der Waals surface area contributed by atoms with Gasteiger partial charge < -0.3 is 19.9 Å². The van der Waals surface area contributed by atoms with Crippen molar-refractivity contribution in [2.45, 2.75) is 24.0 Å². The third-order valence-corrected chi connectivity index (χ3v) is 4.89. The Kier molecular flexibility index (Phi) is 5.51. The first kappa shape index (κ1) is 17.6. The zero-order valence-corrected chi connectivity index (χ0v) is 13.0. The zero-order chi connectivity index (χ0) is 16.3. The summed E-state index contributed by atoms with van der Waals surface area (Å²) in [6.45, 7) is 0.793. The van der Waals surface area contributed by atoms with Crippen LogP contribution in [0.3, 0.4) is 0 Å². The van der Waals surface area contributed by atoms with Crippen molar-refractivity contribution in [1.82, 2.24) is 9.62 Å². The second-order valence-electron chi connectivity index (χ2n) is 4.81. The molecule has 8 nitrogen and oxygen atoms in total. The fourth-order valence-electron chi connectivity index (χ4n) is 1.50. The summed E-state index contributed by atoms with van der Waals surface area (Å²) < 4.78 is 29.7. The van der Waals surface area contributed by atoms with Gasteiger partial charge in [-0.1, -0.05) is 6.92 Å². The summed E-state index contributed by atoms with van der Waals surface area (Å²) >= 11 is 0. The van der Waals surface area contributed by atoms with Crippen LogP contribution in [0.5, 0.6) is 0 Å². The molecular weight excluding hydrogens is 300 g/mol. The molecule has 0 saturated heterocycles. The number of rotatable bonds is 7. The number of hydrogen-bond donors (Lipinski definition) is 3. The van der Waals surface area contributed by atoms with Gasteiger partial charge in [0.25, 0.3) is 15.9 Å². The Labute approximate surface area is 123 Å². The van der Waals surface area contributed by atoms with Crippen LogP contribution in [0, 0.1) is 0 Å². The van der Waals surface area contributed by atoms with E-state index in [0.717, 1.165) is 4.31 Å². The summed E-state index contributed by atoms with van der Waals surface area (Å²) in [6.07, 6.45) is 0.301. The van der Waals surface area contributed by atoms with E-state index in [1.165, 1.54) is 26.2 Å². The van der Waals surface area contributed by atoms with Crippen LogP contribution >= 0.6 is 0 Å². The highest BCUT2D eigenvalue weighted by molar-refractivity contribution is 7.88. The van der Waals surface area contributed by atoms with E-state index < -0.39 is 34.7 Å². The van der Waals surface area contributed by atoms with Crippen LogP contribution in [-0.2, 0) is 10.0 Å². The van der Waals surface area contributed by atoms with Crippen molar-refractivity contribution in [3.63, 3.8) is 0 Å². The summed E-state index contributed by atoms with van der Waals surface area (Å²) in [5.41, 5.74) is -1.18. The molecule has 0 radical (unpaired) electrons. The molecule has 1 rings (SSSR count). The molecule has 9 heteroatoms. The Morgan fingerprint density at radius 2 is 1.90 bits per heavy atom. The average Bonchev–Trinajstić information content (AvgIpc) is 2.95. The molecule has 1 amide bonds. The van der Waals surface area contributed by atoms with Crippen molar-refractivity contribution in [2.75, 3.05) is 27.3 Å². The number of aliphatic hydroxyl groups is 2. The second-order valence-corrected chi connectivity index (χ2v) is 6.89. The van der Waals surface area contributed by atoms with Crippen LogP contribution in [0.2, 0.25) is 0 Å². The molecule has 21 heavy (non-hydrogen) atoms. The number of hydrogen-bond acceptors (Lipinski definition) is 6. The van der Waals surface area contributed by atoms with Gasteiger partial charge in [-0.25, -0.2) is 12.7 Å². The average molecular weight is 320 g/mol. The van der Waals surface area contributed by atoms with E-state index in [4.69, 9.17) is 4.42 Å². The SMILES string of the molecule is CCC(CO)(CO)NC(=O)c1ccc(S(=O)(=O)N(C)C)o1. The lowest BCUT2D eigenvalue weighted by Crippen LogP contribution is -2.53. The first-order valence-electron chi connectivity index (χ1n) is 6.29. The molecular formula is C12H20N2O6S. The van der Waals surface area contributed by atoms with E-state index in [-0.39, 0.29) is 10.9 Å². The number of furan rings is 1. The van der Waals surface area contributed by atoms with Crippen LogP contribution in [0.1, 0.15) is 23.9 Å². The molecule has 0 atom stereocenters. The first-order chi connectivity index (χ1) is 9.72. The van der Waals surface area contributed by atoms with Crippen LogP contribution in [-0.4, -0.2) is 61.7 Å². The molecule has 0 aliphatic carbocycles. The van der Waals surface area contributed by atoms with E-state index in [0.29, 0.717) is 6.42 Å². The molecule has 3 N–H and O–H groups in total. The number of aliphatic hydroxyl groups excluding tert-OH is 2. The summed E-state index contributed by atoms with van der Waals surface area (Å²) in [6, 6.07) is 2.40. The van der Waals surface area contributed by atoms with Crippen LogP contribution < -0.4 is 5.32 Å². The van der Waals surface area contributed by atoms with Gasteiger partial charge in [-0.3, -0.25) is 4.79 Å². The van der Waals surface area contributed by atoms with E-state index in [2.05, 4.69) is 5.32 Å². The molecule has 0 fully saturated rings. The Bertz CT molecular complexity index is 580. The van der Waals surface area contributed by atoms with Crippen LogP contribution in [0.25, 0.3) is 0 Å². The summed E-state index contributed by atoms with van der Waals surface area (Å²) in [4.78, 5) is 12.0. The first-order valence-corrected chi connectivity index (χ1v) is 7.73. The quantitative estimate of drug-likeness (QED) is 0.616. The van der Waals surface area contributed by atoms with Gasteiger partial charge in [-0.2, -0.15) is 0 Å². The molecule has 1 aromatic heterocycles. The minimum atomic E-state index is -3.76. The molecule has 0 aromatic carbocycles. The zero-order valence-electron chi connectivity index (χ0n) is 12.2. The molecule has 0 saturated carbocycles. The third-order valence-electron chi connectivity index (χ3n) is 3.20. The topological polar surface area (TPSA) is 120 Å². The van der Waals surface area contributed by atoms with Crippen molar-refractivity contribution in [3.8, 4) is 0 Å².